The number of para-hydroxylation sites is 2. The van der Waals surface area contributed by atoms with Crippen LogP contribution in [0.25, 0.3) is 0 Å². The van der Waals surface area contributed by atoms with E-state index >= 15 is 0 Å². The Labute approximate surface area is 180 Å². The van der Waals surface area contributed by atoms with Crippen LogP contribution in [0.5, 0.6) is 11.5 Å². The zero-order chi connectivity index (χ0) is 22.1. The van der Waals surface area contributed by atoms with Crippen molar-refractivity contribution in [2.45, 2.75) is 6.54 Å². The van der Waals surface area contributed by atoms with E-state index in [0.717, 1.165) is 11.3 Å². The highest BCUT2D eigenvalue weighted by atomic mass is 16.5. The molecule has 160 valence electrons. The molecule has 0 fully saturated rings. The van der Waals surface area contributed by atoms with Gasteiger partial charge in [0, 0.05) is 12.2 Å². The van der Waals surface area contributed by atoms with Gasteiger partial charge in [0.15, 0.2) is 18.1 Å². The number of rotatable bonds is 9. The Morgan fingerprint density at radius 2 is 1.55 bits per heavy atom. The molecule has 0 spiro atoms. The number of anilines is 2. The van der Waals surface area contributed by atoms with Gasteiger partial charge in [0.2, 0.25) is 0 Å². The summed E-state index contributed by atoms with van der Waals surface area (Å²) in [6, 6.07) is 21.8. The van der Waals surface area contributed by atoms with Crippen molar-refractivity contribution < 1.29 is 23.8 Å². The fourth-order valence-electron chi connectivity index (χ4n) is 2.90. The molecule has 0 radical (unpaired) electrons. The Balaban J connectivity index is 1.54. The van der Waals surface area contributed by atoms with Crippen LogP contribution < -0.4 is 20.1 Å². The molecule has 3 aromatic carbocycles. The number of amides is 1. The minimum Gasteiger partial charge on any atom is -0.493 e. The monoisotopic (exact) mass is 420 g/mol. The quantitative estimate of drug-likeness (QED) is 0.511. The van der Waals surface area contributed by atoms with Crippen LogP contribution in [0.15, 0.2) is 72.8 Å². The first kappa shape index (κ1) is 21.7. The summed E-state index contributed by atoms with van der Waals surface area (Å²) in [6.45, 7) is -0.116. The lowest BCUT2D eigenvalue weighted by Crippen LogP contribution is -2.28. The number of carbonyl (C=O) groups excluding carboxylic acids is 2. The smallest absolute Gasteiger partial charge is 0.340 e. The van der Waals surface area contributed by atoms with E-state index in [1.807, 2.05) is 42.5 Å². The van der Waals surface area contributed by atoms with Crippen molar-refractivity contribution in [3.63, 3.8) is 0 Å². The van der Waals surface area contributed by atoms with E-state index < -0.39 is 11.9 Å². The van der Waals surface area contributed by atoms with Crippen LogP contribution in [0.3, 0.4) is 0 Å². The van der Waals surface area contributed by atoms with Crippen molar-refractivity contribution in [1.29, 1.82) is 0 Å². The molecule has 0 aliphatic rings. The first-order valence-electron chi connectivity index (χ1n) is 9.66. The Hall–Kier alpha value is -4.00. The zero-order valence-corrected chi connectivity index (χ0v) is 17.4. The molecule has 0 unspecified atom stereocenters. The van der Waals surface area contributed by atoms with Gasteiger partial charge in [0.1, 0.15) is 0 Å². The van der Waals surface area contributed by atoms with E-state index in [4.69, 9.17) is 14.2 Å². The molecule has 0 atom stereocenters. The highest BCUT2D eigenvalue weighted by Gasteiger charge is 2.14. The molecule has 3 aromatic rings. The van der Waals surface area contributed by atoms with E-state index in [1.165, 1.54) is 0 Å². The third-order valence-corrected chi connectivity index (χ3v) is 4.47. The number of hydrogen-bond acceptors (Lipinski definition) is 6. The maximum Gasteiger partial charge on any atom is 0.340 e. The molecular weight excluding hydrogens is 396 g/mol. The highest BCUT2D eigenvalue weighted by Crippen LogP contribution is 2.27. The molecule has 7 nitrogen and oxygen atoms in total. The molecule has 2 N–H and O–H groups in total. The summed E-state index contributed by atoms with van der Waals surface area (Å²) in [6.07, 6.45) is 0. The van der Waals surface area contributed by atoms with Gasteiger partial charge in [0.05, 0.1) is 25.5 Å². The fraction of sp³-hybridized carbons (Fsp3) is 0.167. The number of methoxy groups -OCH3 is 2. The van der Waals surface area contributed by atoms with Crippen molar-refractivity contribution in [3.8, 4) is 11.5 Å². The van der Waals surface area contributed by atoms with Gasteiger partial charge < -0.3 is 24.8 Å². The molecule has 0 aliphatic heterocycles. The second-order valence-electron chi connectivity index (χ2n) is 6.58. The lowest BCUT2D eigenvalue weighted by molar-refractivity contribution is -0.124. The molecule has 0 aliphatic carbocycles. The summed E-state index contributed by atoms with van der Waals surface area (Å²) in [5.74, 6) is 0.189. The van der Waals surface area contributed by atoms with Gasteiger partial charge in [-0.3, -0.25) is 4.79 Å². The standard InChI is InChI=1S/C24H24N2O5/c1-29-21-13-12-17(14-22(21)30-2)15-25-23(27)16-31-24(28)19-10-6-7-11-20(19)26-18-8-4-3-5-9-18/h3-14,26H,15-16H2,1-2H3,(H,25,27). The van der Waals surface area contributed by atoms with Gasteiger partial charge in [-0.15, -0.1) is 0 Å². The van der Waals surface area contributed by atoms with Crippen LogP contribution in [-0.2, 0) is 16.1 Å². The first-order valence-corrected chi connectivity index (χ1v) is 9.66. The topological polar surface area (TPSA) is 85.9 Å². The lowest BCUT2D eigenvalue weighted by Gasteiger charge is -2.12. The minimum absolute atomic E-state index is 0.267. The summed E-state index contributed by atoms with van der Waals surface area (Å²) >= 11 is 0. The van der Waals surface area contributed by atoms with Crippen LogP contribution in [0, 0.1) is 0 Å². The number of carbonyl (C=O) groups is 2. The largest absolute Gasteiger partial charge is 0.493 e. The SMILES string of the molecule is COc1ccc(CNC(=O)COC(=O)c2ccccc2Nc2ccccc2)cc1OC. The van der Waals surface area contributed by atoms with Gasteiger partial charge >= 0.3 is 5.97 Å². The third-order valence-electron chi connectivity index (χ3n) is 4.47. The van der Waals surface area contributed by atoms with Crippen molar-refractivity contribution in [3.05, 3.63) is 83.9 Å². The van der Waals surface area contributed by atoms with Gasteiger partial charge in [-0.05, 0) is 42.0 Å². The van der Waals surface area contributed by atoms with Crippen LogP contribution in [0.4, 0.5) is 11.4 Å². The van der Waals surface area contributed by atoms with E-state index in [-0.39, 0.29) is 13.2 Å². The molecular formula is C24H24N2O5. The normalized spacial score (nSPS) is 10.1. The summed E-state index contributed by atoms with van der Waals surface area (Å²) in [4.78, 5) is 24.7. The molecule has 7 heteroatoms. The Kier molecular flexibility index (Phi) is 7.48. The number of esters is 1. The van der Waals surface area contributed by atoms with Gasteiger partial charge in [0.25, 0.3) is 5.91 Å². The van der Waals surface area contributed by atoms with Crippen LogP contribution in [0.2, 0.25) is 0 Å². The summed E-state index contributed by atoms with van der Waals surface area (Å²) in [5.41, 5.74) is 2.62. The minimum atomic E-state index is -0.583. The number of ether oxygens (including phenoxy) is 3. The Morgan fingerprint density at radius 1 is 0.839 bits per heavy atom. The first-order chi connectivity index (χ1) is 15.1. The van der Waals surface area contributed by atoms with Gasteiger partial charge in [-0.1, -0.05) is 36.4 Å². The average molecular weight is 420 g/mol. The highest BCUT2D eigenvalue weighted by molar-refractivity contribution is 5.97. The maximum absolute atomic E-state index is 12.5. The third kappa shape index (κ3) is 5.99. The average Bonchev–Trinajstić information content (AvgIpc) is 2.82. The van der Waals surface area contributed by atoms with Crippen molar-refractivity contribution >= 4 is 23.3 Å². The van der Waals surface area contributed by atoms with E-state index in [2.05, 4.69) is 10.6 Å². The fourth-order valence-corrected chi connectivity index (χ4v) is 2.90. The van der Waals surface area contributed by atoms with Crippen LogP contribution >= 0.6 is 0 Å². The molecule has 0 saturated heterocycles. The van der Waals surface area contributed by atoms with Crippen molar-refractivity contribution in [2.75, 3.05) is 26.1 Å². The summed E-state index contributed by atoms with van der Waals surface area (Å²) in [7, 11) is 3.10. The molecule has 31 heavy (non-hydrogen) atoms. The molecule has 0 heterocycles. The number of hydrogen-bond donors (Lipinski definition) is 2. The second-order valence-corrected chi connectivity index (χ2v) is 6.58. The summed E-state index contributed by atoms with van der Waals surface area (Å²) in [5, 5.41) is 5.91. The molecule has 0 aromatic heterocycles. The Morgan fingerprint density at radius 3 is 2.29 bits per heavy atom. The van der Waals surface area contributed by atoms with Gasteiger partial charge in [-0.2, -0.15) is 0 Å². The van der Waals surface area contributed by atoms with Crippen LogP contribution in [0.1, 0.15) is 15.9 Å². The van der Waals surface area contributed by atoms with E-state index in [1.54, 1.807) is 44.6 Å². The number of nitrogens with one attached hydrogen (secondary N) is 2. The molecule has 0 bridgehead atoms. The van der Waals surface area contributed by atoms with Crippen molar-refractivity contribution in [2.24, 2.45) is 0 Å². The molecule has 0 saturated carbocycles. The predicted molar refractivity (Wildman–Crippen MR) is 118 cm³/mol. The lowest BCUT2D eigenvalue weighted by atomic mass is 10.1. The zero-order valence-electron chi connectivity index (χ0n) is 17.4. The van der Waals surface area contributed by atoms with E-state index in [0.29, 0.717) is 22.7 Å². The maximum atomic E-state index is 12.5. The van der Waals surface area contributed by atoms with Gasteiger partial charge in [-0.25, -0.2) is 4.79 Å². The molecule has 1 amide bonds. The Bertz CT molecular complexity index is 1040. The van der Waals surface area contributed by atoms with Crippen molar-refractivity contribution in [1.82, 2.24) is 5.32 Å². The number of benzene rings is 3. The van der Waals surface area contributed by atoms with Crippen LogP contribution in [-0.4, -0.2) is 32.7 Å². The summed E-state index contributed by atoms with van der Waals surface area (Å²) < 4.78 is 15.7. The van der Waals surface area contributed by atoms with E-state index in [9.17, 15) is 9.59 Å². The molecule has 3 rings (SSSR count). The second kappa shape index (κ2) is 10.7. The predicted octanol–water partition coefficient (Wildman–Crippen LogP) is 3.92.